The van der Waals surface area contributed by atoms with Crippen LogP contribution in [-0.4, -0.2) is 5.11 Å². The zero-order valence-electron chi connectivity index (χ0n) is 5.77. The molecule has 0 aliphatic heterocycles. The Morgan fingerprint density at radius 1 is 1.45 bits per heavy atom. The molecule has 1 aromatic rings. The summed E-state index contributed by atoms with van der Waals surface area (Å²) in [6.45, 7) is 0. The summed E-state index contributed by atoms with van der Waals surface area (Å²) in [5, 5.41) is 11.6. The third kappa shape index (κ3) is 1.60. The maximum atomic E-state index is 10.1. The van der Waals surface area contributed by atoms with Crippen molar-refractivity contribution in [1.29, 1.82) is 0 Å². The van der Waals surface area contributed by atoms with E-state index in [0.717, 1.165) is 0 Å². The number of aliphatic hydroxyl groups excluding tert-OH is 1. The number of hydrogen-bond donors (Lipinski definition) is 2. The molecule has 0 saturated heterocycles. The highest BCUT2D eigenvalue weighted by atomic mass is 16.3. The molecule has 58 valence electrons. The Kier molecular flexibility index (Phi) is 2.30. The summed E-state index contributed by atoms with van der Waals surface area (Å²) >= 11 is 0. The van der Waals surface area contributed by atoms with Gasteiger partial charge in [-0.05, 0) is 11.2 Å². The number of nitrogens with two attached hydrogens (primary N) is 1. The van der Waals surface area contributed by atoms with E-state index in [1.54, 1.807) is 18.2 Å². The molecule has 0 aromatic heterocycles. The van der Waals surface area contributed by atoms with Crippen LogP contribution in [0.15, 0.2) is 29.4 Å². The summed E-state index contributed by atoms with van der Waals surface area (Å²) in [5.74, 6) is 0. The Morgan fingerprint density at radius 2 is 2.09 bits per heavy atom. The molecule has 1 aromatic carbocycles. The van der Waals surface area contributed by atoms with Crippen molar-refractivity contribution in [2.45, 2.75) is 6.23 Å². The number of rotatable bonds is 2. The van der Waals surface area contributed by atoms with Gasteiger partial charge in [0.1, 0.15) is 11.9 Å². The molecule has 0 fully saturated rings. The van der Waals surface area contributed by atoms with Gasteiger partial charge in [0, 0.05) is 5.56 Å². The molecule has 0 heterocycles. The normalized spacial score (nSPS) is 12.5. The van der Waals surface area contributed by atoms with Crippen molar-refractivity contribution in [3.8, 4) is 0 Å². The molecule has 1 rings (SSSR count). The van der Waals surface area contributed by atoms with E-state index in [2.05, 4.69) is 5.18 Å². The van der Waals surface area contributed by atoms with E-state index < -0.39 is 6.23 Å². The van der Waals surface area contributed by atoms with Gasteiger partial charge in [0.15, 0.2) is 0 Å². The lowest BCUT2D eigenvalue weighted by molar-refractivity contribution is 0.187. The van der Waals surface area contributed by atoms with E-state index in [4.69, 9.17) is 10.8 Å². The van der Waals surface area contributed by atoms with E-state index >= 15 is 0 Å². The van der Waals surface area contributed by atoms with Gasteiger partial charge in [-0.25, -0.2) is 0 Å². The average Bonchev–Trinajstić information content (AvgIpc) is 2.04. The molecule has 0 radical (unpaired) electrons. The molecule has 0 saturated carbocycles. The first-order valence-electron chi connectivity index (χ1n) is 3.11. The Hall–Kier alpha value is -1.26. The first kappa shape index (κ1) is 7.84. The molecule has 0 unspecified atom stereocenters. The minimum Gasteiger partial charge on any atom is -0.374 e. The Balaban J connectivity index is 3.12. The van der Waals surface area contributed by atoms with Crippen molar-refractivity contribution in [3.05, 3.63) is 34.7 Å². The molecular weight excluding hydrogens is 144 g/mol. The monoisotopic (exact) mass is 152 g/mol. The largest absolute Gasteiger partial charge is 0.374 e. The summed E-state index contributed by atoms with van der Waals surface area (Å²) in [4.78, 5) is 10.1. The molecular formula is C7H8N2O2. The van der Waals surface area contributed by atoms with Crippen LogP contribution in [0, 0.1) is 4.91 Å². The fourth-order valence-electron chi connectivity index (χ4n) is 0.821. The van der Waals surface area contributed by atoms with Crippen molar-refractivity contribution in [1.82, 2.24) is 0 Å². The van der Waals surface area contributed by atoms with E-state index in [1.807, 2.05) is 0 Å². The van der Waals surface area contributed by atoms with Crippen LogP contribution < -0.4 is 5.73 Å². The van der Waals surface area contributed by atoms with Gasteiger partial charge in [0.2, 0.25) is 0 Å². The standard InChI is InChI=1S/C7H8N2O2/c8-7(10)5-3-1-2-4-6(5)9-11/h1-4,7,10H,8H2/t7-/m0/s1. The van der Waals surface area contributed by atoms with Gasteiger partial charge in [-0.3, -0.25) is 0 Å². The van der Waals surface area contributed by atoms with Gasteiger partial charge >= 0.3 is 0 Å². The first-order chi connectivity index (χ1) is 5.25. The number of aliphatic hydroxyl groups is 1. The molecule has 11 heavy (non-hydrogen) atoms. The molecule has 1 atom stereocenters. The summed E-state index contributed by atoms with van der Waals surface area (Å²) < 4.78 is 0. The van der Waals surface area contributed by atoms with Gasteiger partial charge in [0.25, 0.3) is 0 Å². The second-order valence-electron chi connectivity index (χ2n) is 2.09. The minimum absolute atomic E-state index is 0.183. The number of nitroso groups, excluding NO2 is 1. The lowest BCUT2D eigenvalue weighted by atomic mass is 10.1. The topological polar surface area (TPSA) is 75.7 Å². The van der Waals surface area contributed by atoms with Gasteiger partial charge in [-0.1, -0.05) is 18.2 Å². The van der Waals surface area contributed by atoms with Crippen molar-refractivity contribution < 1.29 is 5.11 Å². The molecule has 0 amide bonds. The van der Waals surface area contributed by atoms with Crippen LogP contribution >= 0.6 is 0 Å². The van der Waals surface area contributed by atoms with Crippen LogP contribution in [0.2, 0.25) is 0 Å². The zero-order chi connectivity index (χ0) is 8.27. The summed E-state index contributed by atoms with van der Waals surface area (Å²) in [7, 11) is 0. The fourth-order valence-corrected chi connectivity index (χ4v) is 0.821. The summed E-state index contributed by atoms with van der Waals surface area (Å²) in [6, 6.07) is 6.39. The summed E-state index contributed by atoms with van der Waals surface area (Å²) in [5.41, 5.74) is 5.68. The predicted molar refractivity (Wildman–Crippen MR) is 41.0 cm³/mol. The highest BCUT2D eigenvalue weighted by Crippen LogP contribution is 2.21. The third-order valence-corrected chi connectivity index (χ3v) is 1.35. The molecule has 4 heteroatoms. The van der Waals surface area contributed by atoms with Gasteiger partial charge in [-0.2, -0.15) is 0 Å². The third-order valence-electron chi connectivity index (χ3n) is 1.35. The maximum Gasteiger partial charge on any atom is 0.130 e. The Morgan fingerprint density at radius 3 is 2.55 bits per heavy atom. The zero-order valence-corrected chi connectivity index (χ0v) is 5.77. The van der Waals surface area contributed by atoms with Gasteiger partial charge in [0.05, 0.1) is 0 Å². The molecule has 0 bridgehead atoms. The average molecular weight is 152 g/mol. The maximum absolute atomic E-state index is 10.1. The van der Waals surface area contributed by atoms with Crippen molar-refractivity contribution in [2.75, 3.05) is 0 Å². The Bertz CT molecular complexity index is 260. The first-order valence-corrected chi connectivity index (χ1v) is 3.11. The summed E-state index contributed by atoms with van der Waals surface area (Å²) in [6.07, 6.45) is -1.14. The highest BCUT2D eigenvalue weighted by molar-refractivity contribution is 5.46. The van der Waals surface area contributed by atoms with E-state index in [0.29, 0.717) is 5.56 Å². The molecule has 4 nitrogen and oxygen atoms in total. The van der Waals surface area contributed by atoms with E-state index in [9.17, 15) is 4.91 Å². The van der Waals surface area contributed by atoms with Crippen molar-refractivity contribution in [3.63, 3.8) is 0 Å². The number of benzene rings is 1. The predicted octanol–water partition coefficient (Wildman–Crippen LogP) is 1.03. The lowest BCUT2D eigenvalue weighted by Gasteiger charge is -2.04. The SMILES string of the molecule is N[C@@H](O)c1ccccc1N=O. The number of hydrogen-bond acceptors (Lipinski definition) is 4. The van der Waals surface area contributed by atoms with E-state index in [-0.39, 0.29) is 5.69 Å². The van der Waals surface area contributed by atoms with Crippen LogP contribution in [0.5, 0.6) is 0 Å². The molecule has 0 aliphatic carbocycles. The molecule has 0 spiro atoms. The van der Waals surface area contributed by atoms with Crippen molar-refractivity contribution in [2.24, 2.45) is 10.9 Å². The van der Waals surface area contributed by atoms with Crippen LogP contribution in [0.4, 0.5) is 5.69 Å². The lowest BCUT2D eigenvalue weighted by Crippen LogP contribution is -2.08. The van der Waals surface area contributed by atoms with Crippen LogP contribution in [0.1, 0.15) is 11.8 Å². The van der Waals surface area contributed by atoms with Gasteiger partial charge < -0.3 is 10.8 Å². The minimum atomic E-state index is -1.14. The smallest absolute Gasteiger partial charge is 0.130 e. The second kappa shape index (κ2) is 3.23. The molecule has 0 aliphatic rings. The van der Waals surface area contributed by atoms with Crippen LogP contribution in [0.3, 0.4) is 0 Å². The highest BCUT2D eigenvalue weighted by Gasteiger charge is 2.06. The van der Waals surface area contributed by atoms with Crippen LogP contribution in [-0.2, 0) is 0 Å². The fraction of sp³-hybridized carbons (Fsp3) is 0.143. The molecule has 3 N–H and O–H groups in total. The Labute approximate surface area is 63.6 Å². The van der Waals surface area contributed by atoms with E-state index in [1.165, 1.54) is 6.07 Å². The quantitative estimate of drug-likeness (QED) is 0.491. The second-order valence-corrected chi connectivity index (χ2v) is 2.09. The van der Waals surface area contributed by atoms with Crippen molar-refractivity contribution >= 4 is 5.69 Å². The number of nitrogens with zero attached hydrogens (tertiary/aromatic N) is 1. The van der Waals surface area contributed by atoms with Gasteiger partial charge in [-0.15, -0.1) is 4.91 Å². The van der Waals surface area contributed by atoms with Crippen LogP contribution in [0.25, 0.3) is 0 Å².